The molecule has 0 aliphatic heterocycles. The van der Waals surface area contributed by atoms with Crippen LogP contribution in [-0.2, 0) is 38.3 Å². The van der Waals surface area contributed by atoms with Gasteiger partial charge in [-0.15, -0.1) is 18.2 Å². The summed E-state index contributed by atoms with van der Waals surface area (Å²) in [5.74, 6) is 0.279. The average molecular weight is 873 g/mol. The van der Waals surface area contributed by atoms with Gasteiger partial charge in [0.05, 0.1) is 5.69 Å². The van der Waals surface area contributed by atoms with Crippen LogP contribution >= 0.6 is 0 Å². The molecule has 0 aliphatic carbocycles. The van der Waals surface area contributed by atoms with Gasteiger partial charge >= 0.3 is 0 Å². The van der Waals surface area contributed by atoms with E-state index in [4.69, 9.17) is 9.97 Å². The van der Waals surface area contributed by atoms with Crippen molar-refractivity contribution >= 4 is 0 Å². The summed E-state index contributed by atoms with van der Waals surface area (Å²) in [6.45, 7) is 13.1. The number of hydrogen-bond acceptors (Lipinski definition) is 3. The van der Waals surface area contributed by atoms with Crippen molar-refractivity contribution in [1.82, 2.24) is 9.97 Å². The van der Waals surface area contributed by atoms with Crippen LogP contribution in [0.15, 0.2) is 146 Å². The van der Waals surface area contributed by atoms with Crippen molar-refractivity contribution in [2.24, 2.45) is 0 Å². The van der Waals surface area contributed by atoms with Crippen LogP contribution in [0.25, 0.3) is 56.0 Å². The van der Waals surface area contributed by atoms with Gasteiger partial charge in [-0.2, -0.15) is 0 Å². The Balaban J connectivity index is 0.00000481. The van der Waals surface area contributed by atoms with Gasteiger partial charge in [-0.3, -0.25) is 9.97 Å². The molecule has 3 nitrogen and oxygen atoms in total. The molecule has 4 heteroatoms. The Hall–Kier alpha value is -5.11. The summed E-state index contributed by atoms with van der Waals surface area (Å²) in [6.07, 6.45) is 2.66. The number of phenols is 1. The van der Waals surface area contributed by atoms with E-state index in [1.807, 2.05) is 36.5 Å². The Bertz CT molecular complexity index is 2320. The molecule has 0 saturated heterocycles. The molecular formula is C49H45N2OPt-. The average Bonchev–Trinajstić information content (AvgIpc) is 3.15. The summed E-state index contributed by atoms with van der Waals surface area (Å²) >= 11 is 0. The fraction of sp³-hybridized carbons (Fsp3) is 0.184. The van der Waals surface area contributed by atoms with Crippen LogP contribution in [-0.4, -0.2) is 15.1 Å². The van der Waals surface area contributed by atoms with Crippen LogP contribution in [0.3, 0.4) is 0 Å². The SMILES string of the molecule is CC(C)(C)c1cc(-c2cc(Cc3ccccc3)cc(-c3[c-]c(-c4ccc(-c5ccccc5)cn4)cc(-c4ccccc4)c3)n2)c(O)c(C(C)(C)C)c1.[Pt]. The smallest absolute Gasteiger partial charge is 0.128 e. The summed E-state index contributed by atoms with van der Waals surface area (Å²) < 4.78 is 0. The van der Waals surface area contributed by atoms with Crippen molar-refractivity contribution in [1.29, 1.82) is 0 Å². The molecule has 0 amide bonds. The molecule has 2 aromatic heterocycles. The Kier molecular flexibility index (Phi) is 11.0. The van der Waals surface area contributed by atoms with Gasteiger partial charge in [-0.05, 0) is 62.8 Å². The van der Waals surface area contributed by atoms with Gasteiger partial charge in [0.1, 0.15) is 5.75 Å². The van der Waals surface area contributed by atoms with Crippen molar-refractivity contribution in [2.45, 2.75) is 58.8 Å². The molecule has 7 rings (SSSR count). The molecule has 0 fully saturated rings. The zero-order chi connectivity index (χ0) is 36.5. The van der Waals surface area contributed by atoms with Gasteiger partial charge in [0.25, 0.3) is 0 Å². The second-order valence-electron chi connectivity index (χ2n) is 15.7. The number of aromatic nitrogens is 2. The topological polar surface area (TPSA) is 46.0 Å². The number of hydrogen-bond donors (Lipinski definition) is 1. The summed E-state index contributed by atoms with van der Waals surface area (Å²) in [4.78, 5) is 10.3. The second kappa shape index (κ2) is 15.5. The van der Waals surface area contributed by atoms with Crippen molar-refractivity contribution in [3.05, 3.63) is 174 Å². The standard InChI is InChI=1S/C49H45N2O.Pt/c1-48(2,3)41-30-42(47(52)43(31-41)49(4,5)6)46-26-34(24-33-16-10-7-11-17-33)25-45(51-46)40-28-38(36-20-14-9-15-21-36)27-39(29-40)44-23-22-37(32-50-44)35-18-12-8-13-19-35;/h7-23,25-28,30-32,52H,24H2,1-6H3;/q-1;. The zero-order valence-corrected chi connectivity index (χ0v) is 33.5. The summed E-state index contributed by atoms with van der Waals surface area (Å²) in [5, 5.41) is 11.9. The molecule has 0 aliphatic rings. The summed E-state index contributed by atoms with van der Waals surface area (Å²) in [5.41, 5.74) is 13.2. The van der Waals surface area contributed by atoms with Crippen molar-refractivity contribution < 1.29 is 26.2 Å². The fourth-order valence-electron chi connectivity index (χ4n) is 6.63. The first kappa shape index (κ1) is 37.6. The first-order valence-electron chi connectivity index (χ1n) is 18.0. The zero-order valence-electron chi connectivity index (χ0n) is 31.2. The normalized spacial score (nSPS) is 11.6. The third-order valence-corrected chi connectivity index (χ3v) is 9.59. The Morgan fingerprint density at radius 3 is 1.66 bits per heavy atom. The molecule has 0 atom stereocenters. The van der Waals surface area contributed by atoms with Gasteiger partial charge in [0.15, 0.2) is 0 Å². The first-order valence-corrected chi connectivity index (χ1v) is 18.0. The molecule has 1 N–H and O–H groups in total. The van der Waals surface area contributed by atoms with Crippen molar-refractivity contribution in [3.63, 3.8) is 0 Å². The number of benzene rings is 5. The molecule has 2 heterocycles. The van der Waals surface area contributed by atoms with E-state index in [0.717, 1.165) is 79.1 Å². The molecular weight excluding hydrogens is 828 g/mol. The minimum Gasteiger partial charge on any atom is -0.507 e. The molecule has 268 valence electrons. The Morgan fingerprint density at radius 2 is 1.09 bits per heavy atom. The van der Waals surface area contributed by atoms with Crippen molar-refractivity contribution in [3.8, 4) is 61.8 Å². The fourth-order valence-corrected chi connectivity index (χ4v) is 6.63. The van der Waals surface area contributed by atoms with Crippen LogP contribution in [0.5, 0.6) is 5.75 Å². The van der Waals surface area contributed by atoms with Crippen LogP contribution in [0.2, 0.25) is 0 Å². The van der Waals surface area contributed by atoms with Crippen molar-refractivity contribution in [2.75, 3.05) is 0 Å². The molecule has 7 aromatic rings. The van der Waals surface area contributed by atoms with Crippen LogP contribution < -0.4 is 0 Å². The van der Waals surface area contributed by atoms with Gasteiger partial charge in [-0.1, -0.05) is 173 Å². The largest absolute Gasteiger partial charge is 0.507 e. The van der Waals surface area contributed by atoms with Crippen LogP contribution in [0, 0.1) is 6.07 Å². The van der Waals surface area contributed by atoms with E-state index in [1.165, 1.54) is 5.56 Å². The predicted octanol–water partition coefficient (Wildman–Crippen LogP) is 12.5. The Morgan fingerprint density at radius 1 is 0.528 bits per heavy atom. The van der Waals surface area contributed by atoms with Gasteiger partial charge in [-0.25, -0.2) is 0 Å². The van der Waals surface area contributed by atoms with E-state index in [-0.39, 0.29) is 37.6 Å². The molecule has 0 unspecified atom stereocenters. The second-order valence-corrected chi connectivity index (χ2v) is 15.7. The first-order chi connectivity index (χ1) is 24.9. The molecule has 5 aromatic carbocycles. The number of pyridine rings is 2. The number of phenolic OH excluding ortho intramolecular Hbond substituents is 1. The maximum atomic E-state index is 11.9. The van der Waals surface area contributed by atoms with Gasteiger partial charge < -0.3 is 5.11 Å². The molecule has 0 radical (unpaired) electrons. The number of rotatable bonds is 7. The minimum atomic E-state index is -0.264. The van der Waals surface area contributed by atoms with E-state index in [0.29, 0.717) is 0 Å². The Labute approximate surface area is 329 Å². The van der Waals surface area contributed by atoms with E-state index in [1.54, 1.807) is 0 Å². The molecule has 0 saturated carbocycles. The summed E-state index contributed by atoms with van der Waals surface area (Å²) in [6, 6.07) is 52.1. The quantitative estimate of drug-likeness (QED) is 0.162. The molecule has 53 heavy (non-hydrogen) atoms. The van der Waals surface area contributed by atoms with E-state index in [2.05, 4.69) is 157 Å². The van der Waals surface area contributed by atoms with Gasteiger partial charge in [0, 0.05) is 49.8 Å². The van der Waals surface area contributed by atoms with E-state index in [9.17, 15) is 5.11 Å². The maximum Gasteiger partial charge on any atom is 0.128 e. The van der Waals surface area contributed by atoms with Crippen LogP contribution in [0.4, 0.5) is 0 Å². The van der Waals surface area contributed by atoms with Gasteiger partial charge in [0.2, 0.25) is 0 Å². The molecule has 0 spiro atoms. The third kappa shape index (κ3) is 8.59. The van der Waals surface area contributed by atoms with E-state index >= 15 is 0 Å². The predicted molar refractivity (Wildman–Crippen MR) is 216 cm³/mol. The number of nitrogens with zero attached hydrogens (tertiary/aromatic N) is 2. The monoisotopic (exact) mass is 872 g/mol. The van der Waals surface area contributed by atoms with E-state index < -0.39 is 0 Å². The third-order valence-electron chi connectivity index (χ3n) is 9.59. The maximum absolute atomic E-state index is 11.9. The summed E-state index contributed by atoms with van der Waals surface area (Å²) in [7, 11) is 0. The number of aromatic hydroxyl groups is 1. The minimum absolute atomic E-state index is 0. The van der Waals surface area contributed by atoms with Crippen LogP contribution in [0.1, 0.15) is 63.8 Å². The molecule has 0 bridgehead atoms.